The molecule has 0 spiro atoms. The molecule has 0 saturated heterocycles. The van der Waals surface area contributed by atoms with Gasteiger partial charge in [0.25, 0.3) is 0 Å². The van der Waals surface area contributed by atoms with Gasteiger partial charge in [0.2, 0.25) is 0 Å². The molecule has 0 saturated carbocycles. The fourth-order valence-corrected chi connectivity index (χ4v) is 5.71. The van der Waals surface area contributed by atoms with E-state index < -0.39 is 8.80 Å². The highest BCUT2D eigenvalue weighted by Crippen LogP contribution is 2.24. The molecule has 0 radical (unpaired) electrons. The summed E-state index contributed by atoms with van der Waals surface area (Å²) in [4.78, 5) is 0. The molecular formula is C9H21ClSi. The Labute approximate surface area is 77.9 Å². The van der Waals surface area contributed by atoms with E-state index in [4.69, 9.17) is 11.6 Å². The summed E-state index contributed by atoms with van der Waals surface area (Å²) in [5.74, 6) is 0.850. The highest BCUT2D eigenvalue weighted by molar-refractivity contribution is 6.61. The van der Waals surface area contributed by atoms with Gasteiger partial charge in [-0.15, -0.1) is 11.6 Å². The van der Waals surface area contributed by atoms with Gasteiger partial charge in [0.15, 0.2) is 0 Å². The number of hydrogen-bond donors (Lipinski definition) is 0. The van der Waals surface area contributed by atoms with Gasteiger partial charge < -0.3 is 0 Å². The van der Waals surface area contributed by atoms with Crippen molar-refractivity contribution >= 4 is 20.4 Å². The average Bonchev–Trinajstić information content (AvgIpc) is 1.87. The lowest BCUT2D eigenvalue weighted by Gasteiger charge is -2.22. The number of halogens is 1. The van der Waals surface area contributed by atoms with Crippen molar-refractivity contribution in [3.05, 3.63) is 0 Å². The van der Waals surface area contributed by atoms with Crippen molar-refractivity contribution < 1.29 is 0 Å². The van der Waals surface area contributed by atoms with E-state index in [1.54, 1.807) is 0 Å². The molecule has 0 fully saturated rings. The minimum atomic E-state index is -0.482. The third kappa shape index (κ3) is 4.86. The molecule has 2 heteroatoms. The minimum absolute atomic E-state index is 0.482. The van der Waals surface area contributed by atoms with Gasteiger partial charge in [0.05, 0.1) is 0 Å². The van der Waals surface area contributed by atoms with E-state index in [1.165, 1.54) is 12.5 Å². The predicted molar refractivity (Wildman–Crippen MR) is 57.5 cm³/mol. The highest BCUT2D eigenvalue weighted by atomic mass is 35.5. The van der Waals surface area contributed by atoms with E-state index in [-0.39, 0.29) is 0 Å². The maximum Gasteiger partial charge on any atom is 0.0419 e. The lowest BCUT2D eigenvalue weighted by atomic mass is 10.5. The van der Waals surface area contributed by atoms with Crippen molar-refractivity contribution in [3.63, 3.8) is 0 Å². The average molecular weight is 193 g/mol. The molecule has 0 aromatic rings. The van der Waals surface area contributed by atoms with E-state index in [9.17, 15) is 0 Å². The van der Waals surface area contributed by atoms with Crippen molar-refractivity contribution in [2.75, 3.05) is 5.88 Å². The summed E-state index contributed by atoms with van der Waals surface area (Å²) in [6, 6.07) is 1.43. The van der Waals surface area contributed by atoms with E-state index in [0.29, 0.717) is 0 Å². The number of rotatable bonds is 5. The van der Waals surface area contributed by atoms with Crippen LogP contribution in [-0.2, 0) is 0 Å². The van der Waals surface area contributed by atoms with Crippen molar-refractivity contribution in [1.29, 1.82) is 0 Å². The van der Waals surface area contributed by atoms with Crippen LogP contribution in [0.25, 0.3) is 0 Å². The second-order valence-corrected chi connectivity index (χ2v) is 8.93. The SMILES string of the molecule is CC(C)[SiH](CCCCl)C(C)C. The molecule has 0 rings (SSSR count). The van der Waals surface area contributed by atoms with Crippen LogP contribution < -0.4 is 0 Å². The molecule has 0 aliphatic heterocycles. The van der Waals surface area contributed by atoms with E-state index in [0.717, 1.165) is 17.0 Å². The molecule has 0 heterocycles. The zero-order valence-corrected chi connectivity index (χ0v) is 10.1. The zero-order valence-electron chi connectivity index (χ0n) is 8.23. The van der Waals surface area contributed by atoms with Crippen LogP contribution >= 0.6 is 11.6 Å². The topological polar surface area (TPSA) is 0 Å². The second-order valence-electron chi connectivity index (χ2n) is 3.98. The van der Waals surface area contributed by atoms with Crippen molar-refractivity contribution in [2.45, 2.75) is 51.2 Å². The molecule has 0 aliphatic rings. The largest absolute Gasteiger partial charge is 0.127 e. The first-order valence-corrected chi connectivity index (χ1v) is 7.34. The first kappa shape index (κ1) is 11.5. The summed E-state index contributed by atoms with van der Waals surface area (Å²) in [7, 11) is -0.482. The first-order valence-electron chi connectivity index (χ1n) is 4.65. The van der Waals surface area contributed by atoms with Crippen molar-refractivity contribution in [3.8, 4) is 0 Å². The fraction of sp³-hybridized carbons (Fsp3) is 1.00. The van der Waals surface area contributed by atoms with Crippen molar-refractivity contribution in [2.24, 2.45) is 0 Å². The molecule has 11 heavy (non-hydrogen) atoms. The van der Waals surface area contributed by atoms with Gasteiger partial charge >= 0.3 is 0 Å². The Morgan fingerprint density at radius 3 is 1.82 bits per heavy atom. The Morgan fingerprint density at radius 2 is 1.55 bits per heavy atom. The first-order chi connectivity index (χ1) is 5.09. The van der Waals surface area contributed by atoms with Gasteiger partial charge in [0, 0.05) is 14.7 Å². The fourth-order valence-electron chi connectivity index (χ4n) is 1.75. The van der Waals surface area contributed by atoms with Crippen LogP contribution in [0.15, 0.2) is 0 Å². The Balaban J connectivity index is 3.70. The van der Waals surface area contributed by atoms with Crippen LogP contribution in [0, 0.1) is 0 Å². The second kappa shape index (κ2) is 6.07. The van der Waals surface area contributed by atoms with E-state index in [2.05, 4.69) is 27.7 Å². The van der Waals surface area contributed by atoms with Gasteiger partial charge in [-0.1, -0.05) is 44.8 Å². The van der Waals surface area contributed by atoms with Crippen LogP contribution in [-0.4, -0.2) is 14.7 Å². The summed E-state index contributed by atoms with van der Waals surface area (Å²) >= 11 is 5.68. The smallest absolute Gasteiger partial charge is 0.0419 e. The monoisotopic (exact) mass is 192 g/mol. The van der Waals surface area contributed by atoms with E-state index in [1.807, 2.05) is 0 Å². The highest BCUT2D eigenvalue weighted by Gasteiger charge is 2.17. The molecule has 0 bridgehead atoms. The third-order valence-corrected chi connectivity index (χ3v) is 7.15. The molecular weight excluding hydrogens is 172 g/mol. The maximum absolute atomic E-state index is 5.68. The number of hydrogen-bond acceptors (Lipinski definition) is 0. The molecule has 0 aromatic carbocycles. The van der Waals surface area contributed by atoms with Crippen molar-refractivity contribution in [1.82, 2.24) is 0 Å². The van der Waals surface area contributed by atoms with Crippen LogP contribution in [0.2, 0.25) is 17.1 Å². The normalized spacial score (nSPS) is 12.0. The molecule has 0 atom stereocenters. The van der Waals surface area contributed by atoms with Crippen LogP contribution in [0.3, 0.4) is 0 Å². The van der Waals surface area contributed by atoms with Crippen LogP contribution in [0.4, 0.5) is 0 Å². The molecule has 0 aliphatic carbocycles. The molecule has 0 aromatic heterocycles. The third-order valence-electron chi connectivity index (χ3n) is 2.38. The maximum atomic E-state index is 5.68. The number of alkyl halides is 1. The summed E-state index contributed by atoms with van der Waals surface area (Å²) < 4.78 is 0. The molecule has 0 N–H and O–H groups in total. The van der Waals surface area contributed by atoms with Gasteiger partial charge in [-0.05, 0) is 6.42 Å². The predicted octanol–water partition coefficient (Wildman–Crippen LogP) is 3.66. The Kier molecular flexibility index (Phi) is 6.35. The van der Waals surface area contributed by atoms with Gasteiger partial charge in [0.1, 0.15) is 0 Å². The molecule has 0 amide bonds. The minimum Gasteiger partial charge on any atom is -0.127 e. The van der Waals surface area contributed by atoms with Crippen LogP contribution in [0.1, 0.15) is 34.1 Å². The Bertz CT molecular complexity index is 83.6. The molecule has 0 nitrogen and oxygen atoms in total. The Hall–Kier alpha value is 0.507. The van der Waals surface area contributed by atoms with Gasteiger partial charge in [-0.2, -0.15) is 0 Å². The quantitative estimate of drug-likeness (QED) is 0.461. The lowest BCUT2D eigenvalue weighted by Crippen LogP contribution is -2.20. The summed E-state index contributed by atoms with van der Waals surface area (Å²) in [5, 5.41) is 0. The Morgan fingerprint density at radius 1 is 1.09 bits per heavy atom. The van der Waals surface area contributed by atoms with Crippen LogP contribution in [0.5, 0.6) is 0 Å². The lowest BCUT2D eigenvalue weighted by molar-refractivity contribution is 0.896. The standard InChI is InChI=1S/C9H21ClSi/c1-8(2)11(9(3)4)7-5-6-10/h8-9,11H,5-7H2,1-4H3. The molecule has 0 unspecified atom stereocenters. The summed E-state index contributed by atoms with van der Waals surface area (Å²) in [5.41, 5.74) is 1.89. The van der Waals surface area contributed by atoms with Gasteiger partial charge in [-0.3, -0.25) is 0 Å². The van der Waals surface area contributed by atoms with E-state index >= 15 is 0 Å². The summed E-state index contributed by atoms with van der Waals surface area (Å²) in [6.07, 6.45) is 1.23. The summed E-state index contributed by atoms with van der Waals surface area (Å²) in [6.45, 7) is 9.46. The zero-order chi connectivity index (χ0) is 8.85. The van der Waals surface area contributed by atoms with Gasteiger partial charge in [-0.25, -0.2) is 0 Å². The molecule has 68 valence electrons.